The van der Waals surface area contributed by atoms with Crippen LogP contribution in [-0.4, -0.2) is 17.5 Å². The first-order chi connectivity index (χ1) is 9.70. The van der Waals surface area contributed by atoms with E-state index >= 15 is 0 Å². The molecule has 0 bridgehead atoms. The Balaban J connectivity index is 2.17. The monoisotopic (exact) mass is 268 g/mol. The van der Waals surface area contributed by atoms with Crippen molar-refractivity contribution < 1.29 is 14.6 Å². The van der Waals surface area contributed by atoms with E-state index in [4.69, 9.17) is 4.74 Å². The van der Waals surface area contributed by atoms with Crippen LogP contribution in [-0.2, 0) is 0 Å². The number of carbonyl (C=O) groups excluding carboxylic acids is 1. The van der Waals surface area contributed by atoms with E-state index in [9.17, 15) is 9.90 Å². The van der Waals surface area contributed by atoms with Gasteiger partial charge in [-0.25, -0.2) is 0 Å². The minimum absolute atomic E-state index is 0.109. The number of carbonyl (C=O) groups is 1. The number of ketones is 1. The highest BCUT2D eigenvalue weighted by atomic mass is 16.5. The van der Waals surface area contributed by atoms with Gasteiger partial charge in [0.15, 0.2) is 5.78 Å². The minimum Gasteiger partial charge on any atom is -0.508 e. The fraction of sp³-hybridized carbons (Fsp3) is 0.118. The topological polar surface area (TPSA) is 46.5 Å². The third-order valence-corrected chi connectivity index (χ3v) is 2.77. The molecule has 2 rings (SSSR count). The molecule has 0 aliphatic rings. The van der Waals surface area contributed by atoms with Crippen molar-refractivity contribution in [2.75, 3.05) is 6.61 Å². The maximum absolute atomic E-state index is 12.2. The van der Waals surface area contributed by atoms with Gasteiger partial charge in [-0.15, -0.1) is 0 Å². The van der Waals surface area contributed by atoms with Gasteiger partial charge >= 0.3 is 0 Å². The van der Waals surface area contributed by atoms with Gasteiger partial charge in [-0.05, 0) is 42.8 Å². The summed E-state index contributed by atoms with van der Waals surface area (Å²) in [6.07, 6.45) is 3.22. The van der Waals surface area contributed by atoms with Crippen LogP contribution >= 0.6 is 0 Å². The average Bonchev–Trinajstić information content (AvgIpc) is 2.47. The Bertz CT molecular complexity index is 612. The molecule has 0 aromatic heterocycles. The number of phenolic OH excluding ortho intramolecular Hbond substituents is 1. The minimum atomic E-state index is -0.109. The molecule has 0 saturated heterocycles. The molecule has 0 saturated carbocycles. The highest BCUT2D eigenvalue weighted by Crippen LogP contribution is 2.19. The predicted molar refractivity (Wildman–Crippen MR) is 79.1 cm³/mol. The third kappa shape index (κ3) is 3.48. The molecule has 2 aromatic rings. The number of allylic oxidation sites excluding steroid dienone is 1. The summed E-state index contributed by atoms with van der Waals surface area (Å²) in [4.78, 5) is 12.2. The van der Waals surface area contributed by atoms with Crippen LogP contribution in [0.25, 0.3) is 6.08 Å². The quantitative estimate of drug-likeness (QED) is 0.664. The molecule has 0 aliphatic carbocycles. The van der Waals surface area contributed by atoms with Gasteiger partial charge in [0, 0.05) is 0 Å². The van der Waals surface area contributed by atoms with Crippen LogP contribution in [0.3, 0.4) is 0 Å². The summed E-state index contributed by atoms with van der Waals surface area (Å²) < 4.78 is 5.44. The molecule has 0 atom stereocenters. The molecule has 1 N–H and O–H groups in total. The Morgan fingerprint density at radius 1 is 1.15 bits per heavy atom. The maximum Gasteiger partial charge on any atom is 0.189 e. The van der Waals surface area contributed by atoms with E-state index in [0.29, 0.717) is 17.9 Å². The van der Waals surface area contributed by atoms with Gasteiger partial charge in [0.25, 0.3) is 0 Å². The fourth-order valence-corrected chi connectivity index (χ4v) is 1.80. The van der Waals surface area contributed by atoms with E-state index in [-0.39, 0.29) is 11.5 Å². The standard InChI is InChI=1S/C17H16O3/c1-2-20-17-6-4-3-5-15(17)16(19)12-9-13-7-10-14(18)11-8-13/h3-12,18H,2H2,1H3/b12-9+. The maximum atomic E-state index is 12.2. The Morgan fingerprint density at radius 2 is 1.85 bits per heavy atom. The normalized spacial score (nSPS) is 10.7. The van der Waals surface area contributed by atoms with Crippen molar-refractivity contribution in [3.8, 4) is 11.5 Å². The first-order valence-electron chi connectivity index (χ1n) is 6.44. The van der Waals surface area contributed by atoms with E-state index in [1.807, 2.05) is 19.1 Å². The van der Waals surface area contributed by atoms with E-state index < -0.39 is 0 Å². The summed E-state index contributed by atoms with van der Waals surface area (Å²) in [7, 11) is 0. The molecule has 0 fully saturated rings. The molecule has 0 amide bonds. The zero-order chi connectivity index (χ0) is 14.4. The summed E-state index contributed by atoms with van der Waals surface area (Å²) in [6.45, 7) is 2.40. The Hall–Kier alpha value is -2.55. The average molecular weight is 268 g/mol. The smallest absolute Gasteiger partial charge is 0.189 e. The lowest BCUT2D eigenvalue weighted by Gasteiger charge is -2.06. The molecular weight excluding hydrogens is 252 g/mol. The SMILES string of the molecule is CCOc1ccccc1C(=O)/C=C/c1ccc(O)cc1. The van der Waals surface area contributed by atoms with Crippen molar-refractivity contribution in [2.24, 2.45) is 0 Å². The van der Waals surface area contributed by atoms with Gasteiger partial charge in [0.05, 0.1) is 12.2 Å². The van der Waals surface area contributed by atoms with Gasteiger partial charge in [-0.1, -0.05) is 30.3 Å². The van der Waals surface area contributed by atoms with Crippen LogP contribution in [0.15, 0.2) is 54.6 Å². The highest BCUT2D eigenvalue weighted by molar-refractivity contribution is 6.08. The lowest BCUT2D eigenvalue weighted by atomic mass is 10.1. The third-order valence-electron chi connectivity index (χ3n) is 2.77. The second-order valence-electron chi connectivity index (χ2n) is 4.22. The number of para-hydroxylation sites is 1. The molecular formula is C17H16O3. The molecule has 3 heteroatoms. The van der Waals surface area contributed by atoms with Gasteiger partial charge in [-0.3, -0.25) is 4.79 Å². The first-order valence-corrected chi connectivity index (χ1v) is 6.44. The highest BCUT2D eigenvalue weighted by Gasteiger charge is 2.08. The molecule has 0 unspecified atom stereocenters. The van der Waals surface area contributed by atoms with Gasteiger partial charge in [0.2, 0.25) is 0 Å². The van der Waals surface area contributed by atoms with Crippen molar-refractivity contribution in [3.05, 3.63) is 65.7 Å². The number of ether oxygens (including phenoxy) is 1. The number of benzene rings is 2. The lowest BCUT2D eigenvalue weighted by Crippen LogP contribution is -2.01. The first kappa shape index (κ1) is 13.9. The summed E-state index contributed by atoms with van der Waals surface area (Å²) in [5.41, 5.74) is 1.40. The van der Waals surface area contributed by atoms with Crippen LogP contribution in [0.2, 0.25) is 0 Å². The lowest BCUT2D eigenvalue weighted by molar-refractivity contribution is 0.104. The molecule has 20 heavy (non-hydrogen) atoms. The van der Waals surface area contributed by atoms with Crippen molar-refractivity contribution in [1.82, 2.24) is 0 Å². The zero-order valence-electron chi connectivity index (χ0n) is 11.2. The molecule has 0 radical (unpaired) electrons. The van der Waals surface area contributed by atoms with Gasteiger partial charge in [-0.2, -0.15) is 0 Å². The Labute approximate surface area is 118 Å². The Kier molecular flexibility index (Phi) is 4.56. The van der Waals surface area contributed by atoms with Gasteiger partial charge in [0.1, 0.15) is 11.5 Å². The van der Waals surface area contributed by atoms with Crippen LogP contribution in [0, 0.1) is 0 Å². The molecule has 0 heterocycles. The van der Waals surface area contributed by atoms with Gasteiger partial charge < -0.3 is 9.84 Å². The number of aromatic hydroxyl groups is 1. The molecule has 102 valence electrons. The predicted octanol–water partition coefficient (Wildman–Crippen LogP) is 3.69. The Morgan fingerprint density at radius 3 is 2.55 bits per heavy atom. The summed E-state index contributed by atoms with van der Waals surface area (Å²) in [6, 6.07) is 13.8. The molecule has 0 spiro atoms. The number of rotatable bonds is 5. The number of hydrogen-bond donors (Lipinski definition) is 1. The number of phenols is 1. The van der Waals surface area contributed by atoms with E-state index in [0.717, 1.165) is 5.56 Å². The van der Waals surface area contributed by atoms with Crippen LogP contribution in [0.4, 0.5) is 0 Å². The van der Waals surface area contributed by atoms with E-state index in [1.165, 1.54) is 6.08 Å². The fourth-order valence-electron chi connectivity index (χ4n) is 1.80. The second kappa shape index (κ2) is 6.57. The number of hydrogen-bond acceptors (Lipinski definition) is 3. The largest absolute Gasteiger partial charge is 0.508 e. The molecule has 3 nitrogen and oxygen atoms in total. The summed E-state index contributed by atoms with van der Waals surface area (Å²) in [5.74, 6) is 0.688. The van der Waals surface area contributed by atoms with Crippen LogP contribution in [0.5, 0.6) is 11.5 Å². The molecule has 2 aromatic carbocycles. The second-order valence-corrected chi connectivity index (χ2v) is 4.22. The van der Waals surface area contributed by atoms with Crippen molar-refractivity contribution in [2.45, 2.75) is 6.92 Å². The summed E-state index contributed by atoms with van der Waals surface area (Å²) >= 11 is 0. The zero-order valence-corrected chi connectivity index (χ0v) is 11.2. The van der Waals surface area contributed by atoms with Crippen LogP contribution < -0.4 is 4.74 Å². The van der Waals surface area contributed by atoms with E-state index in [1.54, 1.807) is 42.5 Å². The summed E-state index contributed by atoms with van der Waals surface area (Å²) in [5, 5.41) is 9.20. The van der Waals surface area contributed by atoms with Crippen molar-refractivity contribution in [1.29, 1.82) is 0 Å². The van der Waals surface area contributed by atoms with Crippen molar-refractivity contribution in [3.63, 3.8) is 0 Å². The van der Waals surface area contributed by atoms with Crippen LogP contribution in [0.1, 0.15) is 22.8 Å². The van der Waals surface area contributed by atoms with E-state index in [2.05, 4.69) is 0 Å². The molecule has 0 aliphatic heterocycles. The van der Waals surface area contributed by atoms with Crippen molar-refractivity contribution >= 4 is 11.9 Å².